The van der Waals surface area contributed by atoms with Gasteiger partial charge in [0.2, 0.25) is 5.91 Å². The summed E-state index contributed by atoms with van der Waals surface area (Å²) in [5, 5.41) is 7.26. The molecule has 13 heteroatoms. The molecule has 1 saturated carbocycles. The summed E-state index contributed by atoms with van der Waals surface area (Å²) in [6, 6.07) is 9.66. The van der Waals surface area contributed by atoms with Crippen molar-refractivity contribution in [1.29, 1.82) is 0 Å². The van der Waals surface area contributed by atoms with Gasteiger partial charge in [0.05, 0.1) is 25.3 Å². The summed E-state index contributed by atoms with van der Waals surface area (Å²) in [7, 11) is -4.67. The normalized spacial score (nSPS) is 17.1. The van der Waals surface area contributed by atoms with E-state index in [2.05, 4.69) is 15.4 Å². The smallest absolute Gasteiger partial charge is 0.323 e. The van der Waals surface area contributed by atoms with E-state index in [1.54, 1.807) is 35.5 Å². The molecule has 1 aliphatic heterocycles. The number of nitrogens with zero attached hydrogens (tertiary/aromatic N) is 4. The summed E-state index contributed by atoms with van der Waals surface area (Å²) in [5.74, 6) is -2.82. The number of rotatable bonds is 7. The lowest BCUT2D eigenvalue weighted by molar-refractivity contribution is -0.133. The number of carbonyl (C=O) groups is 1. The second-order valence-electron chi connectivity index (χ2n) is 8.87. The summed E-state index contributed by atoms with van der Waals surface area (Å²) < 4.78 is 59.5. The minimum Gasteiger partial charge on any atom is -0.323 e. The molecule has 1 aliphatic carbocycles. The van der Waals surface area contributed by atoms with Crippen molar-refractivity contribution in [2.45, 2.75) is 31.4 Å². The summed E-state index contributed by atoms with van der Waals surface area (Å²) >= 11 is 0. The Hall–Kier alpha value is -3.52. The van der Waals surface area contributed by atoms with Gasteiger partial charge in [0.1, 0.15) is 0 Å². The zero-order valence-corrected chi connectivity index (χ0v) is 20.4. The van der Waals surface area contributed by atoms with Crippen LogP contribution < -0.4 is 5.32 Å². The van der Waals surface area contributed by atoms with E-state index in [4.69, 9.17) is 17.5 Å². The Morgan fingerprint density at radius 2 is 1.81 bits per heavy atom. The third kappa shape index (κ3) is 8.25. The Bertz CT molecular complexity index is 1370. The Morgan fingerprint density at radius 1 is 1.14 bits per heavy atom. The number of benzene rings is 1. The van der Waals surface area contributed by atoms with E-state index in [0.717, 1.165) is 22.3 Å². The molecule has 0 bridgehead atoms. The fourth-order valence-corrected chi connectivity index (χ4v) is 3.84. The highest BCUT2D eigenvalue weighted by molar-refractivity contribution is 7.79. The van der Waals surface area contributed by atoms with Gasteiger partial charge < -0.3 is 5.32 Å². The number of pyridine rings is 1. The molecular weight excluding hydrogens is 508 g/mol. The Morgan fingerprint density at radius 3 is 2.43 bits per heavy atom. The minimum atomic E-state index is -4.67. The third-order valence-electron chi connectivity index (χ3n) is 5.64. The summed E-state index contributed by atoms with van der Waals surface area (Å²) in [5.41, 5.74) is 4.38. The van der Waals surface area contributed by atoms with Crippen molar-refractivity contribution in [1.82, 2.24) is 19.7 Å². The maximum absolute atomic E-state index is 12.9. The molecule has 2 aliphatic rings. The van der Waals surface area contributed by atoms with Crippen LogP contribution in [0, 0.1) is 0 Å². The highest BCUT2D eigenvalue weighted by atomic mass is 32.3. The van der Waals surface area contributed by atoms with Gasteiger partial charge >= 0.3 is 10.4 Å². The second-order valence-corrected chi connectivity index (χ2v) is 9.77. The first-order valence-corrected chi connectivity index (χ1v) is 12.7. The summed E-state index contributed by atoms with van der Waals surface area (Å²) in [6.07, 6.45) is 12.9. The first-order valence-electron chi connectivity index (χ1n) is 11.3. The number of hydrogen-bond donors (Lipinski definition) is 3. The number of carbonyl (C=O) groups excluding carboxylic acids is 1. The number of alkyl halides is 2. The van der Waals surface area contributed by atoms with Crippen molar-refractivity contribution >= 4 is 28.1 Å². The quantitative estimate of drug-likeness (QED) is 0.309. The molecule has 0 spiro atoms. The van der Waals surface area contributed by atoms with Gasteiger partial charge in [-0.2, -0.15) is 13.5 Å². The third-order valence-corrected chi connectivity index (χ3v) is 5.64. The molecule has 2 fully saturated rings. The van der Waals surface area contributed by atoms with E-state index in [1.807, 2.05) is 35.3 Å². The fraction of sp³-hybridized carbons (Fsp3) is 0.292. The van der Waals surface area contributed by atoms with Crippen LogP contribution in [-0.2, 0) is 21.7 Å². The molecule has 3 heterocycles. The standard InChI is InChI=1S/C24H23F2N5O.H2O4S/c25-24(26)15-30(16-24)13-17-1-4-20(5-2-17)29-23(32)8-3-18-11-27-10-9-22(18)19-12-28-31(14-19)21-6-7-21;1-5(2,3)4/h1-5,8-12,14,21H,6-7,13,15-16H2,(H,29,32);(H2,1,2,3,4)/b8-3+;. The van der Waals surface area contributed by atoms with Crippen molar-refractivity contribution < 1.29 is 31.1 Å². The summed E-state index contributed by atoms with van der Waals surface area (Å²) in [6.45, 7) is 0.0762. The maximum atomic E-state index is 12.9. The highest BCUT2D eigenvalue weighted by Crippen LogP contribution is 2.35. The van der Waals surface area contributed by atoms with Crippen molar-refractivity contribution in [3.8, 4) is 11.1 Å². The lowest BCUT2D eigenvalue weighted by Crippen LogP contribution is -2.55. The Kier molecular flexibility index (Phi) is 7.78. The monoisotopic (exact) mass is 533 g/mol. The van der Waals surface area contributed by atoms with Gasteiger partial charge in [0, 0.05) is 48.0 Å². The lowest BCUT2D eigenvalue weighted by Gasteiger charge is -2.38. The zero-order chi connectivity index (χ0) is 26.6. The molecule has 1 saturated heterocycles. The molecule has 3 N–H and O–H groups in total. The predicted molar refractivity (Wildman–Crippen MR) is 132 cm³/mol. The first kappa shape index (κ1) is 26.5. The minimum absolute atomic E-state index is 0.200. The Labute approximate surface area is 212 Å². The first-order chi connectivity index (χ1) is 17.4. The molecule has 10 nitrogen and oxygen atoms in total. The maximum Gasteiger partial charge on any atom is 0.394 e. The van der Waals surface area contributed by atoms with Crippen LogP contribution in [0.15, 0.2) is 61.2 Å². The average molecular weight is 534 g/mol. The molecule has 0 unspecified atom stereocenters. The summed E-state index contributed by atoms with van der Waals surface area (Å²) in [4.78, 5) is 18.3. The van der Waals surface area contributed by atoms with E-state index in [0.29, 0.717) is 18.3 Å². The van der Waals surface area contributed by atoms with Crippen LogP contribution in [0.1, 0.15) is 30.0 Å². The number of amides is 1. The van der Waals surface area contributed by atoms with E-state index in [9.17, 15) is 13.6 Å². The largest absolute Gasteiger partial charge is 0.394 e. The van der Waals surface area contributed by atoms with E-state index in [-0.39, 0.29) is 19.0 Å². The van der Waals surface area contributed by atoms with Crippen LogP contribution in [0.25, 0.3) is 17.2 Å². The molecule has 0 atom stereocenters. The van der Waals surface area contributed by atoms with Gasteiger partial charge in [0.25, 0.3) is 5.92 Å². The number of hydrogen-bond acceptors (Lipinski definition) is 6. The Balaban J connectivity index is 0.000000586. The average Bonchev–Trinajstić information content (AvgIpc) is 3.54. The van der Waals surface area contributed by atoms with E-state index >= 15 is 0 Å². The number of anilines is 1. The van der Waals surface area contributed by atoms with Crippen molar-refractivity contribution in [2.75, 3.05) is 18.4 Å². The molecule has 5 rings (SSSR count). The molecule has 0 radical (unpaired) electrons. The van der Waals surface area contributed by atoms with E-state index < -0.39 is 16.3 Å². The van der Waals surface area contributed by atoms with Crippen LogP contribution in [0.2, 0.25) is 0 Å². The molecule has 1 aromatic carbocycles. The number of halogens is 2. The van der Waals surface area contributed by atoms with Gasteiger partial charge in [-0.05, 0) is 48.2 Å². The second kappa shape index (κ2) is 10.8. The van der Waals surface area contributed by atoms with Gasteiger partial charge in [0.15, 0.2) is 0 Å². The van der Waals surface area contributed by atoms with E-state index in [1.165, 1.54) is 18.9 Å². The predicted octanol–water partition coefficient (Wildman–Crippen LogP) is 3.73. The van der Waals surface area contributed by atoms with Gasteiger partial charge in [-0.1, -0.05) is 12.1 Å². The van der Waals surface area contributed by atoms with Crippen LogP contribution >= 0.6 is 0 Å². The number of nitrogens with one attached hydrogen (secondary N) is 1. The van der Waals surface area contributed by atoms with Crippen molar-refractivity contribution in [3.63, 3.8) is 0 Å². The van der Waals surface area contributed by atoms with Crippen LogP contribution in [0.5, 0.6) is 0 Å². The topological polar surface area (TPSA) is 138 Å². The van der Waals surface area contributed by atoms with Crippen LogP contribution in [0.4, 0.5) is 14.5 Å². The lowest BCUT2D eigenvalue weighted by atomic mass is 10.0. The SMILES string of the molecule is O=C(/C=C/c1cnccc1-c1cnn(C2CC2)c1)Nc1ccc(CN2CC(F)(F)C2)cc1.O=S(=O)(O)O. The number of likely N-dealkylation sites (tertiary alicyclic amines) is 1. The molecule has 196 valence electrons. The molecule has 1 amide bonds. The van der Waals surface area contributed by atoms with Gasteiger partial charge in [-0.25, -0.2) is 8.78 Å². The highest BCUT2D eigenvalue weighted by Gasteiger charge is 2.43. The van der Waals surface area contributed by atoms with Crippen molar-refractivity contribution in [3.05, 3.63) is 72.3 Å². The molecule has 3 aromatic rings. The van der Waals surface area contributed by atoms with Gasteiger partial charge in [-0.3, -0.25) is 28.5 Å². The fourth-order valence-electron chi connectivity index (χ4n) is 3.84. The molecular formula is C24H25F2N5O5S. The zero-order valence-electron chi connectivity index (χ0n) is 19.5. The number of aromatic nitrogens is 3. The van der Waals surface area contributed by atoms with Crippen LogP contribution in [-0.4, -0.2) is 62.1 Å². The van der Waals surface area contributed by atoms with Crippen molar-refractivity contribution in [2.24, 2.45) is 0 Å². The molecule has 2 aromatic heterocycles. The van der Waals surface area contributed by atoms with Gasteiger partial charge in [-0.15, -0.1) is 0 Å². The molecule has 37 heavy (non-hydrogen) atoms. The van der Waals surface area contributed by atoms with Crippen LogP contribution in [0.3, 0.4) is 0 Å².